The SMILES string of the molecule is CCCCNC(=O)n1ccc2c(Cc3c[nH]c4ncc(C5C=NN(C)C5)cc34)cccc21. The van der Waals surface area contributed by atoms with Crippen LogP contribution in [0.1, 0.15) is 42.4 Å². The summed E-state index contributed by atoms with van der Waals surface area (Å²) < 4.78 is 1.71. The summed E-state index contributed by atoms with van der Waals surface area (Å²) in [6, 6.07) is 10.4. The van der Waals surface area contributed by atoms with E-state index in [0.29, 0.717) is 6.54 Å². The Bertz CT molecular complexity index is 1300. The van der Waals surface area contributed by atoms with Crippen molar-refractivity contribution >= 4 is 34.2 Å². The van der Waals surface area contributed by atoms with E-state index in [9.17, 15) is 4.79 Å². The highest BCUT2D eigenvalue weighted by molar-refractivity contribution is 5.94. The molecule has 1 unspecified atom stereocenters. The number of aromatic amines is 1. The summed E-state index contributed by atoms with van der Waals surface area (Å²) in [6.45, 7) is 3.69. The van der Waals surface area contributed by atoms with Crippen molar-refractivity contribution in [2.24, 2.45) is 5.10 Å². The Balaban J connectivity index is 1.44. The summed E-state index contributed by atoms with van der Waals surface area (Å²) in [5.74, 6) is 0.267. The first kappa shape index (κ1) is 20.3. The summed E-state index contributed by atoms with van der Waals surface area (Å²) in [7, 11) is 1.99. The number of carbonyl (C=O) groups excluding carboxylic acids is 1. The number of benzene rings is 1. The van der Waals surface area contributed by atoms with Crippen molar-refractivity contribution in [3.05, 3.63) is 65.6 Å². The molecule has 0 bridgehead atoms. The van der Waals surface area contributed by atoms with Gasteiger partial charge in [0.25, 0.3) is 0 Å². The number of aromatic nitrogens is 3. The van der Waals surface area contributed by atoms with Crippen LogP contribution in [0.15, 0.2) is 54.0 Å². The van der Waals surface area contributed by atoms with Crippen LogP contribution in [0.3, 0.4) is 0 Å². The molecule has 1 amide bonds. The van der Waals surface area contributed by atoms with Gasteiger partial charge in [-0.25, -0.2) is 9.78 Å². The number of H-pyrrole nitrogens is 1. The summed E-state index contributed by atoms with van der Waals surface area (Å²) in [6.07, 6.45) is 10.6. The number of fused-ring (bicyclic) bond motifs is 2. The molecule has 0 fully saturated rings. The van der Waals surface area contributed by atoms with Crippen molar-refractivity contribution in [3.8, 4) is 0 Å². The number of hydrogen-bond donors (Lipinski definition) is 2. The fourth-order valence-electron chi connectivity index (χ4n) is 4.41. The molecule has 0 spiro atoms. The number of unbranched alkanes of at least 4 members (excludes halogenated alkanes) is 1. The highest BCUT2D eigenvalue weighted by atomic mass is 16.2. The first-order chi connectivity index (χ1) is 15.6. The van der Waals surface area contributed by atoms with E-state index in [-0.39, 0.29) is 11.9 Å². The van der Waals surface area contributed by atoms with Gasteiger partial charge in [0.2, 0.25) is 0 Å². The summed E-state index contributed by atoms with van der Waals surface area (Å²) in [5.41, 5.74) is 5.40. The fourth-order valence-corrected chi connectivity index (χ4v) is 4.41. The summed E-state index contributed by atoms with van der Waals surface area (Å²) in [4.78, 5) is 20.6. The van der Waals surface area contributed by atoms with Gasteiger partial charge in [-0.15, -0.1) is 0 Å². The molecule has 7 heteroatoms. The number of nitrogens with zero attached hydrogens (tertiary/aromatic N) is 4. The van der Waals surface area contributed by atoms with E-state index < -0.39 is 0 Å². The van der Waals surface area contributed by atoms with Gasteiger partial charge in [0.15, 0.2) is 0 Å². The molecule has 0 radical (unpaired) electrons. The van der Waals surface area contributed by atoms with E-state index in [1.54, 1.807) is 4.57 Å². The Morgan fingerprint density at radius 1 is 1.25 bits per heavy atom. The van der Waals surface area contributed by atoms with Crippen LogP contribution in [0, 0.1) is 0 Å². The van der Waals surface area contributed by atoms with Crippen LogP contribution < -0.4 is 5.32 Å². The molecule has 32 heavy (non-hydrogen) atoms. The van der Waals surface area contributed by atoms with Crippen LogP contribution in [-0.2, 0) is 6.42 Å². The number of rotatable bonds is 6. The van der Waals surface area contributed by atoms with Crippen LogP contribution in [-0.4, -0.2) is 51.9 Å². The Kier molecular flexibility index (Phi) is 5.39. The number of hydrogen-bond acceptors (Lipinski definition) is 4. The van der Waals surface area contributed by atoms with E-state index in [1.807, 2.05) is 55.1 Å². The maximum atomic E-state index is 12.6. The predicted octanol–water partition coefficient (Wildman–Crippen LogP) is 4.48. The number of carbonyl (C=O) groups is 1. The minimum atomic E-state index is -0.0743. The second-order valence-corrected chi connectivity index (χ2v) is 8.49. The predicted molar refractivity (Wildman–Crippen MR) is 128 cm³/mol. The molecule has 0 saturated carbocycles. The van der Waals surface area contributed by atoms with Crippen molar-refractivity contribution in [2.75, 3.05) is 20.1 Å². The largest absolute Gasteiger partial charge is 0.346 e. The molecular formula is C25H28N6O. The minimum Gasteiger partial charge on any atom is -0.346 e. The van der Waals surface area contributed by atoms with E-state index in [2.05, 4.69) is 39.4 Å². The lowest BCUT2D eigenvalue weighted by Crippen LogP contribution is -2.28. The quantitative estimate of drug-likeness (QED) is 0.445. The average molecular weight is 429 g/mol. The van der Waals surface area contributed by atoms with E-state index in [4.69, 9.17) is 0 Å². The smallest absolute Gasteiger partial charge is 0.326 e. The lowest BCUT2D eigenvalue weighted by Gasteiger charge is -2.10. The Hall–Kier alpha value is -3.61. The zero-order chi connectivity index (χ0) is 22.1. The molecule has 1 aliphatic rings. The molecule has 0 aliphatic carbocycles. The van der Waals surface area contributed by atoms with Crippen molar-refractivity contribution in [1.29, 1.82) is 0 Å². The molecule has 0 saturated heterocycles. The van der Waals surface area contributed by atoms with Gasteiger partial charge in [-0.05, 0) is 41.3 Å². The number of likely N-dealkylation sites (N-methyl/N-ethyl adjacent to an activating group) is 1. The lowest BCUT2D eigenvalue weighted by molar-refractivity contribution is 0.243. The van der Waals surface area contributed by atoms with Gasteiger partial charge in [-0.3, -0.25) is 9.58 Å². The highest BCUT2D eigenvalue weighted by Crippen LogP contribution is 2.28. The summed E-state index contributed by atoms with van der Waals surface area (Å²) in [5, 5.41) is 11.6. The van der Waals surface area contributed by atoms with Crippen LogP contribution in [0.2, 0.25) is 0 Å². The maximum Gasteiger partial charge on any atom is 0.326 e. The number of nitrogens with one attached hydrogen (secondary N) is 2. The molecule has 164 valence electrons. The zero-order valence-electron chi connectivity index (χ0n) is 18.5. The van der Waals surface area contributed by atoms with Gasteiger partial charge in [0, 0.05) is 68.1 Å². The molecule has 4 aromatic rings. The third kappa shape index (κ3) is 3.75. The first-order valence-electron chi connectivity index (χ1n) is 11.2. The molecule has 4 heterocycles. The van der Waals surface area contributed by atoms with Crippen LogP contribution >= 0.6 is 0 Å². The van der Waals surface area contributed by atoms with Crippen molar-refractivity contribution in [3.63, 3.8) is 0 Å². The van der Waals surface area contributed by atoms with Gasteiger partial charge in [-0.2, -0.15) is 5.10 Å². The Morgan fingerprint density at radius 2 is 2.16 bits per heavy atom. The third-order valence-electron chi connectivity index (χ3n) is 6.20. The maximum absolute atomic E-state index is 12.6. The third-order valence-corrected chi connectivity index (χ3v) is 6.20. The average Bonchev–Trinajstić information content (AvgIpc) is 3.52. The van der Waals surface area contributed by atoms with E-state index in [1.165, 1.54) is 16.7 Å². The highest BCUT2D eigenvalue weighted by Gasteiger charge is 2.19. The number of pyridine rings is 1. The van der Waals surface area contributed by atoms with Crippen LogP contribution in [0.25, 0.3) is 21.9 Å². The van der Waals surface area contributed by atoms with Gasteiger partial charge in [0.1, 0.15) is 5.65 Å². The summed E-state index contributed by atoms with van der Waals surface area (Å²) >= 11 is 0. The molecule has 5 rings (SSSR count). The molecule has 1 aromatic carbocycles. The zero-order valence-corrected chi connectivity index (χ0v) is 18.5. The van der Waals surface area contributed by atoms with Gasteiger partial charge in [0.05, 0.1) is 5.52 Å². The van der Waals surface area contributed by atoms with Crippen molar-refractivity contribution in [1.82, 2.24) is 24.9 Å². The van der Waals surface area contributed by atoms with Crippen molar-refractivity contribution in [2.45, 2.75) is 32.1 Å². The fraction of sp³-hybridized carbons (Fsp3) is 0.320. The first-order valence-corrected chi connectivity index (χ1v) is 11.2. The van der Waals surface area contributed by atoms with Crippen LogP contribution in [0.5, 0.6) is 0 Å². The second-order valence-electron chi connectivity index (χ2n) is 8.49. The number of hydrazone groups is 1. The molecular weight excluding hydrogens is 400 g/mol. The standard InChI is InChI=1S/C25H28N6O/c1-3-4-9-26-25(32)31-10-8-21-17(6-5-7-23(21)31)11-19-14-28-24-22(19)12-18(13-27-24)20-15-29-30(2)16-20/h5-8,10,12-15,20H,3-4,9,11,16H2,1-2H3,(H,26,32)(H,27,28). The van der Waals surface area contributed by atoms with Gasteiger partial charge >= 0.3 is 6.03 Å². The van der Waals surface area contributed by atoms with Crippen LogP contribution in [0.4, 0.5) is 4.79 Å². The molecule has 3 aromatic heterocycles. The Morgan fingerprint density at radius 3 is 2.97 bits per heavy atom. The van der Waals surface area contributed by atoms with Gasteiger partial charge in [-0.1, -0.05) is 25.5 Å². The molecule has 7 nitrogen and oxygen atoms in total. The van der Waals surface area contributed by atoms with E-state index in [0.717, 1.165) is 47.7 Å². The lowest BCUT2D eigenvalue weighted by atomic mass is 9.98. The topological polar surface area (TPSA) is 78.3 Å². The second kappa shape index (κ2) is 8.49. The van der Waals surface area contributed by atoms with E-state index >= 15 is 0 Å². The molecule has 2 N–H and O–H groups in total. The van der Waals surface area contributed by atoms with Gasteiger partial charge < -0.3 is 10.3 Å². The Labute approximate surface area is 187 Å². The van der Waals surface area contributed by atoms with Crippen molar-refractivity contribution < 1.29 is 4.79 Å². The monoisotopic (exact) mass is 428 g/mol. The molecule has 1 atom stereocenters. The molecule has 1 aliphatic heterocycles. The number of amides is 1. The normalized spacial score (nSPS) is 15.8. The minimum absolute atomic E-state index is 0.0743.